The lowest BCUT2D eigenvalue weighted by Gasteiger charge is -2.30. The molecule has 0 aliphatic carbocycles. The van der Waals surface area contributed by atoms with Crippen molar-refractivity contribution in [2.45, 2.75) is 26.1 Å². The molecule has 1 atom stereocenters. The highest BCUT2D eigenvalue weighted by Crippen LogP contribution is 2.42. The van der Waals surface area contributed by atoms with Crippen molar-refractivity contribution >= 4 is 34.1 Å². The van der Waals surface area contributed by atoms with Crippen molar-refractivity contribution in [2.24, 2.45) is 0 Å². The molecule has 0 saturated carbocycles. The summed E-state index contributed by atoms with van der Waals surface area (Å²) in [7, 11) is 0. The Labute approximate surface area is 161 Å². The van der Waals surface area contributed by atoms with Crippen molar-refractivity contribution in [3.8, 4) is 11.1 Å². The topological polar surface area (TPSA) is 72.4 Å². The van der Waals surface area contributed by atoms with E-state index in [0.717, 1.165) is 45.4 Å². The minimum Gasteiger partial charge on any atom is -0.392 e. The molecule has 136 valence electrons. The summed E-state index contributed by atoms with van der Waals surface area (Å²) in [4.78, 5) is 9.68. The van der Waals surface area contributed by atoms with Crippen LogP contribution >= 0.6 is 23.2 Å². The molecule has 3 heterocycles. The van der Waals surface area contributed by atoms with Crippen LogP contribution in [-0.2, 0) is 13.0 Å². The first-order valence-electron chi connectivity index (χ1n) is 8.47. The summed E-state index contributed by atoms with van der Waals surface area (Å²) in [6.45, 7) is 2.86. The van der Waals surface area contributed by atoms with E-state index in [2.05, 4.69) is 9.97 Å². The Balaban J connectivity index is 1.98. The first-order valence-corrected chi connectivity index (χ1v) is 9.23. The van der Waals surface area contributed by atoms with E-state index in [-0.39, 0.29) is 6.61 Å². The average Bonchev–Trinajstić information content (AvgIpc) is 3.03. The predicted octanol–water partition coefficient (Wildman–Crippen LogP) is 3.51. The molecule has 5 nitrogen and oxygen atoms in total. The number of H-pyrrole nitrogens is 1. The lowest BCUT2D eigenvalue weighted by molar-refractivity contribution is -0.0419. The zero-order valence-corrected chi connectivity index (χ0v) is 15.8. The summed E-state index contributed by atoms with van der Waals surface area (Å²) in [5, 5.41) is 21.3. The Bertz CT molecular complexity index is 987. The molecule has 0 radical (unpaired) electrons. The molecule has 0 amide bonds. The smallest absolute Gasteiger partial charge is 0.131 e. The zero-order valence-electron chi connectivity index (χ0n) is 14.3. The Morgan fingerprint density at radius 3 is 2.88 bits per heavy atom. The molecule has 1 aliphatic rings. The van der Waals surface area contributed by atoms with Crippen LogP contribution < -0.4 is 0 Å². The second-order valence-corrected chi connectivity index (χ2v) is 7.36. The van der Waals surface area contributed by atoms with E-state index in [9.17, 15) is 10.2 Å². The highest BCUT2D eigenvalue weighted by Gasteiger charge is 2.27. The maximum atomic E-state index is 10.1. The minimum absolute atomic E-state index is 0.293. The lowest BCUT2D eigenvalue weighted by atomic mass is 9.95. The van der Waals surface area contributed by atoms with Gasteiger partial charge in [0.25, 0.3) is 0 Å². The van der Waals surface area contributed by atoms with Gasteiger partial charge in [0, 0.05) is 48.0 Å². The highest BCUT2D eigenvalue weighted by molar-refractivity contribution is 6.45. The normalized spacial score (nSPS) is 16.0. The van der Waals surface area contributed by atoms with Crippen LogP contribution in [0, 0.1) is 6.92 Å². The third kappa shape index (κ3) is 2.80. The van der Waals surface area contributed by atoms with E-state index in [1.807, 2.05) is 30.0 Å². The maximum Gasteiger partial charge on any atom is 0.131 e. The van der Waals surface area contributed by atoms with Crippen molar-refractivity contribution < 1.29 is 10.2 Å². The van der Waals surface area contributed by atoms with Crippen LogP contribution in [0.4, 0.5) is 0 Å². The number of nitrogens with zero attached hydrogens (tertiary/aromatic N) is 2. The maximum absolute atomic E-state index is 10.1. The molecule has 0 bridgehead atoms. The van der Waals surface area contributed by atoms with Crippen LogP contribution in [0.1, 0.15) is 17.0 Å². The number of hydrogen-bond acceptors (Lipinski definition) is 4. The summed E-state index contributed by atoms with van der Waals surface area (Å²) in [6, 6.07) is 5.80. The minimum atomic E-state index is -0.876. The standard InChI is InChI=1S/C19H19Cl2N3O2/c1-10-11(3-2-5-22-10)12-7-14(20)18(21)19-17(12)13-8-24(16(26)9-25)6-4-15(13)23-19/h2-3,5,7,16,23,25-26H,4,6,8-9H2,1H3. The molecule has 0 saturated heterocycles. The molecule has 3 aromatic rings. The number of aliphatic hydroxyl groups excluding tert-OH is 2. The quantitative estimate of drug-likeness (QED) is 0.638. The molecule has 26 heavy (non-hydrogen) atoms. The first kappa shape index (κ1) is 17.8. The van der Waals surface area contributed by atoms with Gasteiger partial charge in [-0.25, -0.2) is 0 Å². The van der Waals surface area contributed by atoms with Crippen LogP contribution in [0.25, 0.3) is 22.0 Å². The van der Waals surface area contributed by atoms with Gasteiger partial charge in [-0.1, -0.05) is 29.3 Å². The van der Waals surface area contributed by atoms with E-state index >= 15 is 0 Å². The molecule has 3 N–H and O–H groups in total. The van der Waals surface area contributed by atoms with Crippen molar-refractivity contribution in [1.82, 2.24) is 14.9 Å². The van der Waals surface area contributed by atoms with Crippen molar-refractivity contribution in [3.05, 3.63) is 51.4 Å². The number of aryl methyl sites for hydroxylation is 1. The van der Waals surface area contributed by atoms with Gasteiger partial charge in [0.2, 0.25) is 0 Å². The molecule has 1 aliphatic heterocycles. The van der Waals surface area contributed by atoms with Gasteiger partial charge in [0.15, 0.2) is 0 Å². The second kappa shape index (κ2) is 6.83. The summed E-state index contributed by atoms with van der Waals surface area (Å²) < 4.78 is 0. The SMILES string of the molecule is Cc1ncccc1-c1cc(Cl)c(Cl)c2[nH]c3c(c12)CN(C(O)CO)CC3. The fraction of sp³-hybridized carbons (Fsp3) is 0.316. The number of halogens is 2. The molecule has 1 unspecified atom stereocenters. The number of hydrogen-bond donors (Lipinski definition) is 3. The second-order valence-electron chi connectivity index (χ2n) is 6.57. The number of aliphatic hydroxyl groups is 2. The number of benzene rings is 1. The number of pyridine rings is 1. The van der Waals surface area contributed by atoms with Crippen LogP contribution in [0.3, 0.4) is 0 Å². The number of fused-ring (bicyclic) bond motifs is 3. The Hall–Kier alpha value is -1.63. The molecule has 1 aromatic carbocycles. The molecule has 0 spiro atoms. The summed E-state index contributed by atoms with van der Waals surface area (Å²) in [6.07, 6.45) is 1.62. The average molecular weight is 392 g/mol. The highest BCUT2D eigenvalue weighted by atomic mass is 35.5. The van der Waals surface area contributed by atoms with Crippen molar-refractivity contribution in [3.63, 3.8) is 0 Å². The van der Waals surface area contributed by atoms with Crippen molar-refractivity contribution in [2.75, 3.05) is 13.2 Å². The summed E-state index contributed by atoms with van der Waals surface area (Å²) >= 11 is 12.9. The Morgan fingerprint density at radius 2 is 2.15 bits per heavy atom. The Morgan fingerprint density at radius 1 is 1.35 bits per heavy atom. The fourth-order valence-corrected chi connectivity index (χ4v) is 4.11. The fourth-order valence-electron chi connectivity index (χ4n) is 3.71. The molecular formula is C19H19Cl2N3O2. The van der Waals surface area contributed by atoms with Gasteiger partial charge in [-0.3, -0.25) is 9.88 Å². The van der Waals surface area contributed by atoms with Crippen LogP contribution in [0.15, 0.2) is 24.4 Å². The predicted molar refractivity (Wildman–Crippen MR) is 103 cm³/mol. The number of aromatic nitrogens is 2. The molecule has 2 aromatic heterocycles. The molecule has 4 rings (SSSR count). The molecule has 7 heteroatoms. The molecular weight excluding hydrogens is 373 g/mol. The number of nitrogens with one attached hydrogen (secondary N) is 1. The summed E-state index contributed by atoms with van der Waals surface area (Å²) in [5.41, 5.74) is 5.85. The van der Waals surface area contributed by atoms with Crippen LogP contribution in [0.2, 0.25) is 10.0 Å². The van der Waals surface area contributed by atoms with Gasteiger partial charge in [-0.05, 0) is 30.2 Å². The van der Waals surface area contributed by atoms with E-state index in [4.69, 9.17) is 23.2 Å². The molecule has 0 fully saturated rings. The third-order valence-corrected chi connectivity index (χ3v) is 5.84. The summed E-state index contributed by atoms with van der Waals surface area (Å²) in [5.74, 6) is 0. The first-order chi connectivity index (χ1) is 12.5. The zero-order chi connectivity index (χ0) is 18.4. The number of rotatable bonds is 3. The van der Waals surface area contributed by atoms with Crippen LogP contribution in [0.5, 0.6) is 0 Å². The number of aromatic amines is 1. The van der Waals surface area contributed by atoms with Crippen molar-refractivity contribution in [1.29, 1.82) is 0 Å². The lowest BCUT2D eigenvalue weighted by Crippen LogP contribution is -2.41. The third-order valence-electron chi connectivity index (χ3n) is 5.05. The van der Waals surface area contributed by atoms with E-state index in [0.29, 0.717) is 23.1 Å². The van der Waals surface area contributed by atoms with E-state index < -0.39 is 6.23 Å². The largest absolute Gasteiger partial charge is 0.392 e. The van der Waals surface area contributed by atoms with Gasteiger partial charge in [0.05, 0.1) is 22.2 Å². The van der Waals surface area contributed by atoms with Crippen LogP contribution in [-0.4, -0.2) is 44.5 Å². The van der Waals surface area contributed by atoms with Gasteiger partial charge in [0.1, 0.15) is 6.23 Å². The monoisotopic (exact) mass is 391 g/mol. The van der Waals surface area contributed by atoms with Gasteiger partial charge >= 0.3 is 0 Å². The Kier molecular flexibility index (Phi) is 4.67. The van der Waals surface area contributed by atoms with E-state index in [1.165, 1.54) is 0 Å². The van der Waals surface area contributed by atoms with E-state index in [1.54, 1.807) is 6.20 Å². The van der Waals surface area contributed by atoms with Gasteiger partial charge < -0.3 is 15.2 Å². The van der Waals surface area contributed by atoms with Gasteiger partial charge in [-0.15, -0.1) is 0 Å². The van der Waals surface area contributed by atoms with Gasteiger partial charge in [-0.2, -0.15) is 0 Å².